The Morgan fingerprint density at radius 2 is 1.88 bits per heavy atom. The standard InChI is InChI=1S/C18H25N3O4.ClH/c1-3-10-25-15-6-4-14(5-7-15)18(2)16(22)21(17(23)19-18)13-20-8-11-24-12-9-20;/h4-7H,3,8-13H2,1-2H3,(H,19,23);1H. The molecule has 0 bridgehead atoms. The summed E-state index contributed by atoms with van der Waals surface area (Å²) < 4.78 is 10.9. The van der Waals surface area contributed by atoms with Crippen molar-refractivity contribution < 1.29 is 36.4 Å². The zero-order valence-corrected chi connectivity index (χ0v) is 16.0. The number of ether oxygens (including phenoxy) is 2. The van der Waals surface area contributed by atoms with Crippen LogP contribution >= 0.6 is 0 Å². The SMILES string of the molecule is CCCOc1ccc(C2(C)NC(=O)N(C[NH+]3CCOCC3)C2=O)cc1.[Cl-]. The van der Waals surface area contributed by atoms with Crippen LogP contribution in [0.2, 0.25) is 0 Å². The third-order valence-electron chi connectivity index (χ3n) is 4.76. The molecule has 2 aliphatic heterocycles. The van der Waals surface area contributed by atoms with E-state index in [0.717, 1.165) is 30.8 Å². The molecule has 8 heteroatoms. The molecule has 2 saturated heterocycles. The molecule has 0 aliphatic carbocycles. The fourth-order valence-corrected chi connectivity index (χ4v) is 3.18. The summed E-state index contributed by atoms with van der Waals surface area (Å²) in [5, 5.41) is 2.85. The number of carbonyl (C=O) groups excluding carboxylic acids is 2. The summed E-state index contributed by atoms with van der Waals surface area (Å²) in [5.74, 6) is 0.555. The maximum absolute atomic E-state index is 12.9. The first-order valence-electron chi connectivity index (χ1n) is 8.83. The van der Waals surface area contributed by atoms with E-state index in [0.29, 0.717) is 26.5 Å². The number of rotatable bonds is 6. The normalized spacial score (nSPS) is 23.5. The first-order chi connectivity index (χ1) is 12.0. The first-order valence-corrected chi connectivity index (χ1v) is 8.83. The van der Waals surface area contributed by atoms with Crippen LogP contribution in [0.3, 0.4) is 0 Å². The Labute approximate surface area is 160 Å². The average molecular weight is 384 g/mol. The van der Waals surface area contributed by atoms with Gasteiger partial charge in [0.15, 0.2) is 6.67 Å². The maximum Gasteiger partial charge on any atom is 0.329 e. The zero-order chi connectivity index (χ0) is 17.9. The number of halogens is 1. The Morgan fingerprint density at radius 3 is 2.50 bits per heavy atom. The number of urea groups is 1. The molecule has 1 atom stereocenters. The van der Waals surface area contributed by atoms with Gasteiger partial charge in [0.2, 0.25) is 0 Å². The monoisotopic (exact) mass is 383 g/mol. The first kappa shape index (κ1) is 20.5. The molecular formula is C18H26ClN3O4. The van der Waals surface area contributed by atoms with Crippen molar-refractivity contribution in [3.8, 4) is 5.75 Å². The van der Waals surface area contributed by atoms with Crippen molar-refractivity contribution >= 4 is 11.9 Å². The van der Waals surface area contributed by atoms with Gasteiger partial charge in [-0.05, 0) is 31.0 Å². The molecule has 3 amide bonds. The van der Waals surface area contributed by atoms with Crippen LogP contribution in [0.25, 0.3) is 0 Å². The number of imide groups is 1. The van der Waals surface area contributed by atoms with Gasteiger partial charge in [0.25, 0.3) is 5.91 Å². The molecule has 0 saturated carbocycles. The molecule has 0 aromatic heterocycles. The highest BCUT2D eigenvalue weighted by molar-refractivity contribution is 6.07. The van der Waals surface area contributed by atoms with Gasteiger partial charge in [0, 0.05) is 0 Å². The second-order valence-corrected chi connectivity index (χ2v) is 6.68. The van der Waals surface area contributed by atoms with Crippen LogP contribution in [0, 0.1) is 0 Å². The number of nitrogens with one attached hydrogen (secondary N) is 2. The summed E-state index contributed by atoms with van der Waals surface area (Å²) in [4.78, 5) is 27.8. The van der Waals surface area contributed by atoms with Crippen LogP contribution in [-0.4, -0.2) is 56.4 Å². The fraction of sp³-hybridized carbons (Fsp3) is 0.556. The van der Waals surface area contributed by atoms with Crippen LogP contribution in [0.5, 0.6) is 5.75 Å². The Bertz CT molecular complexity index is 634. The molecule has 144 valence electrons. The average Bonchev–Trinajstić information content (AvgIpc) is 2.85. The number of morpholine rings is 1. The molecule has 2 aliphatic rings. The van der Waals surface area contributed by atoms with Crippen LogP contribution < -0.4 is 27.4 Å². The van der Waals surface area contributed by atoms with E-state index in [9.17, 15) is 9.59 Å². The number of quaternary nitrogens is 1. The number of benzene rings is 1. The second-order valence-electron chi connectivity index (χ2n) is 6.68. The van der Waals surface area contributed by atoms with Crippen molar-refractivity contribution in [2.45, 2.75) is 25.8 Å². The van der Waals surface area contributed by atoms with Gasteiger partial charge in [-0.1, -0.05) is 19.1 Å². The van der Waals surface area contributed by atoms with E-state index in [2.05, 4.69) is 5.32 Å². The smallest absolute Gasteiger partial charge is 0.329 e. The molecule has 1 aromatic carbocycles. The van der Waals surface area contributed by atoms with Crippen LogP contribution in [0.4, 0.5) is 4.79 Å². The minimum Gasteiger partial charge on any atom is -1.00 e. The predicted octanol–water partition coefficient (Wildman–Crippen LogP) is -2.88. The lowest BCUT2D eigenvalue weighted by molar-refractivity contribution is -0.915. The molecule has 1 unspecified atom stereocenters. The van der Waals surface area contributed by atoms with E-state index in [4.69, 9.17) is 9.47 Å². The van der Waals surface area contributed by atoms with E-state index in [1.165, 1.54) is 9.80 Å². The lowest BCUT2D eigenvalue weighted by Crippen LogP contribution is -3.15. The quantitative estimate of drug-likeness (QED) is 0.518. The lowest BCUT2D eigenvalue weighted by atomic mass is 9.92. The molecule has 2 heterocycles. The van der Waals surface area contributed by atoms with Gasteiger partial charge in [-0.3, -0.25) is 4.79 Å². The Morgan fingerprint density at radius 1 is 1.23 bits per heavy atom. The number of nitrogens with zero attached hydrogens (tertiary/aromatic N) is 1. The summed E-state index contributed by atoms with van der Waals surface area (Å²) in [6.45, 7) is 7.76. The molecular weight excluding hydrogens is 358 g/mol. The number of carbonyl (C=O) groups is 2. The van der Waals surface area contributed by atoms with Gasteiger partial charge >= 0.3 is 6.03 Å². The Kier molecular flexibility index (Phi) is 6.86. The summed E-state index contributed by atoms with van der Waals surface area (Å²) in [5.41, 5.74) is -0.277. The number of amides is 3. The highest BCUT2D eigenvalue weighted by Gasteiger charge is 2.50. The molecule has 1 aromatic rings. The largest absolute Gasteiger partial charge is 1.00 e. The predicted molar refractivity (Wildman–Crippen MR) is 91.3 cm³/mol. The highest BCUT2D eigenvalue weighted by Crippen LogP contribution is 2.29. The minimum atomic E-state index is -1.04. The highest BCUT2D eigenvalue weighted by atomic mass is 35.5. The summed E-state index contributed by atoms with van der Waals surface area (Å²) in [6, 6.07) is 7.03. The molecule has 2 N–H and O–H groups in total. The molecule has 7 nitrogen and oxygen atoms in total. The van der Waals surface area contributed by atoms with Crippen molar-refractivity contribution in [3.63, 3.8) is 0 Å². The van der Waals surface area contributed by atoms with Crippen molar-refractivity contribution in [1.82, 2.24) is 10.2 Å². The molecule has 3 rings (SSSR count). The maximum atomic E-state index is 12.9. The third kappa shape index (κ3) is 4.11. The van der Waals surface area contributed by atoms with Crippen molar-refractivity contribution in [2.24, 2.45) is 0 Å². The molecule has 0 spiro atoms. The zero-order valence-electron chi connectivity index (χ0n) is 15.2. The van der Waals surface area contributed by atoms with E-state index in [-0.39, 0.29) is 24.3 Å². The molecule has 2 fully saturated rings. The third-order valence-corrected chi connectivity index (χ3v) is 4.76. The second kappa shape index (κ2) is 8.70. The topological polar surface area (TPSA) is 72.3 Å². The van der Waals surface area contributed by atoms with Crippen molar-refractivity contribution in [1.29, 1.82) is 0 Å². The number of hydrogen-bond donors (Lipinski definition) is 2. The summed E-state index contributed by atoms with van der Waals surface area (Å²) in [7, 11) is 0. The Balaban J connectivity index is 0.00000243. The van der Waals surface area contributed by atoms with E-state index >= 15 is 0 Å². The Hall–Kier alpha value is -1.83. The van der Waals surface area contributed by atoms with Gasteiger partial charge in [0.1, 0.15) is 24.4 Å². The summed E-state index contributed by atoms with van der Waals surface area (Å²) >= 11 is 0. The van der Waals surface area contributed by atoms with E-state index in [1.807, 2.05) is 31.2 Å². The van der Waals surface area contributed by atoms with Crippen molar-refractivity contribution in [2.75, 3.05) is 39.6 Å². The molecule has 0 radical (unpaired) electrons. The summed E-state index contributed by atoms with van der Waals surface area (Å²) in [6.07, 6.45) is 0.937. The van der Waals surface area contributed by atoms with Crippen LogP contribution in [0.1, 0.15) is 25.8 Å². The van der Waals surface area contributed by atoms with Gasteiger partial charge in [0.05, 0.1) is 19.8 Å². The number of hydrogen-bond acceptors (Lipinski definition) is 4. The van der Waals surface area contributed by atoms with Gasteiger partial charge in [-0.2, -0.15) is 0 Å². The fourth-order valence-electron chi connectivity index (χ4n) is 3.18. The van der Waals surface area contributed by atoms with Crippen LogP contribution in [0.15, 0.2) is 24.3 Å². The van der Waals surface area contributed by atoms with E-state index < -0.39 is 5.54 Å². The molecule has 26 heavy (non-hydrogen) atoms. The van der Waals surface area contributed by atoms with Crippen LogP contribution in [-0.2, 0) is 15.1 Å². The van der Waals surface area contributed by atoms with Gasteiger partial charge < -0.3 is 32.1 Å². The minimum absolute atomic E-state index is 0. The lowest BCUT2D eigenvalue weighted by Gasteiger charge is -2.27. The van der Waals surface area contributed by atoms with Gasteiger partial charge in [-0.15, -0.1) is 0 Å². The van der Waals surface area contributed by atoms with E-state index in [1.54, 1.807) is 6.92 Å². The van der Waals surface area contributed by atoms with Crippen molar-refractivity contribution in [3.05, 3.63) is 29.8 Å². The van der Waals surface area contributed by atoms with Gasteiger partial charge in [-0.25, -0.2) is 9.69 Å².